The van der Waals surface area contributed by atoms with Gasteiger partial charge < -0.3 is 11.1 Å². The minimum atomic E-state index is -0.346. The Morgan fingerprint density at radius 3 is 2.73 bits per heavy atom. The second-order valence-electron chi connectivity index (χ2n) is 6.70. The molecule has 0 radical (unpaired) electrons. The number of para-hydroxylation sites is 1. The van der Waals surface area contributed by atoms with Crippen LogP contribution < -0.4 is 11.1 Å². The van der Waals surface area contributed by atoms with Gasteiger partial charge in [0.1, 0.15) is 35.4 Å². The van der Waals surface area contributed by atoms with Crippen LogP contribution in [0.1, 0.15) is 24.1 Å². The van der Waals surface area contributed by atoms with E-state index in [0.717, 1.165) is 16.5 Å². The Bertz CT molecular complexity index is 1300. The van der Waals surface area contributed by atoms with Crippen molar-refractivity contribution in [3.63, 3.8) is 0 Å². The van der Waals surface area contributed by atoms with Crippen molar-refractivity contribution in [3.8, 4) is 17.2 Å². The van der Waals surface area contributed by atoms with Gasteiger partial charge in [-0.2, -0.15) is 5.26 Å². The van der Waals surface area contributed by atoms with Crippen LogP contribution in [0, 0.1) is 17.1 Å². The second kappa shape index (κ2) is 7.93. The van der Waals surface area contributed by atoms with Crippen molar-refractivity contribution in [2.45, 2.75) is 13.0 Å². The van der Waals surface area contributed by atoms with Gasteiger partial charge >= 0.3 is 0 Å². The molecule has 2 aromatic heterocycles. The van der Waals surface area contributed by atoms with Gasteiger partial charge in [-0.05, 0) is 36.2 Å². The fourth-order valence-corrected chi connectivity index (χ4v) is 3.62. The molecular weight excluding hydrogens is 403 g/mol. The highest BCUT2D eigenvalue weighted by Gasteiger charge is 2.19. The van der Waals surface area contributed by atoms with Crippen LogP contribution in [0.25, 0.3) is 22.0 Å². The van der Waals surface area contributed by atoms with E-state index in [1.54, 1.807) is 18.3 Å². The Kier molecular flexibility index (Phi) is 5.17. The van der Waals surface area contributed by atoms with Gasteiger partial charge in [0.05, 0.1) is 16.6 Å². The third-order valence-electron chi connectivity index (χ3n) is 4.80. The minimum absolute atomic E-state index is 0.0935. The van der Waals surface area contributed by atoms with E-state index < -0.39 is 0 Å². The molecule has 8 heteroatoms. The highest BCUT2D eigenvalue weighted by molar-refractivity contribution is 6.35. The fraction of sp³-hybridized carbons (Fsp3) is 0.0909. The normalized spacial score (nSPS) is 11.8. The number of nitrogen functional groups attached to an aromatic ring is 1. The number of nitrogens with zero attached hydrogens (tertiary/aromatic N) is 4. The lowest BCUT2D eigenvalue weighted by atomic mass is 9.93. The van der Waals surface area contributed by atoms with Crippen molar-refractivity contribution in [3.05, 3.63) is 77.0 Å². The molecule has 0 saturated heterocycles. The number of nitrogens with one attached hydrogen (secondary N) is 1. The van der Waals surface area contributed by atoms with E-state index in [-0.39, 0.29) is 23.2 Å². The predicted octanol–water partition coefficient (Wildman–Crippen LogP) is 5.11. The zero-order valence-corrected chi connectivity index (χ0v) is 16.7. The van der Waals surface area contributed by atoms with E-state index in [2.05, 4.69) is 20.3 Å². The van der Waals surface area contributed by atoms with E-state index in [1.165, 1.54) is 18.5 Å². The molecule has 3 N–H and O–H groups in total. The largest absolute Gasteiger partial charge is 0.382 e. The SMILES string of the molecule is CC(Nc1ncnc(N)c1C#N)c1cnc2c(Cl)cccc2c1-c1cccc(F)c1. The van der Waals surface area contributed by atoms with Crippen molar-refractivity contribution < 1.29 is 4.39 Å². The molecule has 6 nitrogen and oxygen atoms in total. The van der Waals surface area contributed by atoms with Gasteiger partial charge in [0, 0.05) is 17.1 Å². The van der Waals surface area contributed by atoms with E-state index in [1.807, 2.05) is 31.2 Å². The number of fused-ring (bicyclic) bond motifs is 1. The van der Waals surface area contributed by atoms with E-state index >= 15 is 0 Å². The minimum Gasteiger partial charge on any atom is -0.382 e. The van der Waals surface area contributed by atoms with Crippen LogP contribution in [0.4, 0.5) is 16.0 Å². The van der Waals surface area contributed by atoms with Crippen LogP contribution in [-0.4, -0.2) is 15.0 Å². The Labute approximate surface area is 177 Å². The van der Waals surface area contributed by atoms with Gasteiger partial charge in [-0.1, -0.05) is 35.9 Å². The summed E-state index contributed by atoms with van der Waals surface area (Å²) in [6, 6.07) is 13.5. The summed E-state index contributed by atoms with van der Waals surface area (Å²) >= 11 is 6.35. The van der Waals surface area contributed by atoms with Crippen LogP contribution in [0.5, 0.6) is 0 Å². The molecule has 1 atom stereocenters. The molecule has 0 fully saturated rings. The van der Waals surface area contributed by atoms with Crippen LogP contribution in [0.15, 0.2) is 55.0 Å². The fourth-order valence-electron chi connectivity index (χ4n) is 3.40. The molecule has 30 heavy (non-hydrogen) atoms. The monoisotopic (exact) mass is 418 g/mol. The third kappa shape index (κ3) is 3.49. The summed E-state index contributed by atoms with van der Waals surface area (Å²) in [5.41, 5.74) is 8.85. The summed E-state index contributed by atoms with van der Waals surface area (Å²) < 4.78 is 14.0. The third-order valence-corrected chi connectivity index (χ3v) is 5.10. The molecule has 4 aromatic rings. The van der Waals surface area contributed by atoms with Crippen molar-refractivity contribution in [2.24, 2.45) is 0 Å². The summed E-state index contributed by atoms with van der Waals surface area (Å²) in [5.74, 6) is 0.0613. The first-order chi connectivity index (χ1) is 14.5. The highest BCUT2D eigenvalue weighted by atomic mass is 35.5. The summed E-state index contributed by atoms with van der Waals surface area (Å²) in [6.07, 6.45) is 2.99. The number of anilines is 2. The van der Waals surface area contributed by atoms with Crippen LogP contribution in [0.3, 0.4) is 0 Å². The number of nitrogens with two attached hydrogens (primary N) is 1. The molecule has 0 saturated carbocycles. The standard InChI is InChI=1S/C22H16ClFN6/c1-12(30-22-16(9-25)21(26)28-11-29-22)17-10-27-20-15(6-3-7-18(20)23)19(17)13-4-2-5-14(24)8-13/h2-8,10-12H,1H3,(H3,26,28,29,30). The van der Waals surface area contributed by atoms with Gasteiger partial charge in [-0.25, -0.2) is 14.4 Å². The maximum Gasteiger partial charge on any atom is 0.150 e. The van der Waals surface area contributed by atoms with Crippen LogP contribution in [0.2, 0.25) is 5.02 Å². The van der Waals surface area contributed by atoms with Gasteiger partial charge in [0.15, 0.2) is 0 Å². The van der Waals surface area contributed by atoms with Crippen molar-refractivity contribution >= 4 is 34.1 Å². The van der Waals surface area contributed by atoms with E-state index in [4.69, 9.17) is 17.3 Å². The quantitative estimate of drug-likeness (QED) is 0.477. The number of hydrogen-bond acceptors (Lipinski definition) is 6. The molecule has 0 spiro atoms. The van der Waals surface area contributed by atoms with Gasteiger partial charge in [0.2, 0.25) is 0 Å². The maximum atomic E-state index is 14.0. The molecule has 0 aliphatic heterocycles. The zero-order valence-electron chi connectivity index (χ0n) is 15.9. The number of pyridine rings is 1. The molecule has 0 aliphatic rings. The molecule has 0 aliphatic carbocycles. The lowest BCUT2D eigenvalue weighted by Crippen LogP contribution is -2.12. The molecule has 2 heterocycles. The molecule has 1 unspecified atom stereocenters. The van der Waals surface area contributed by atoms with Crippen LogP contribution in [-0.2, 0) is 0 Å². The van der Waals surface area contributed by atoms with Crippen molar-refractivity contribution in [1.29, 1.82) is 5.26 Å². The first-order valence-corrected chi connectivity index (χ1v) is 9.47. The predicted molar refractivity (Wildman–Crippen MR) is 115 cm³/mol. The Morgan fingerprint density at radius 2 is 1.97 bits per heavy atom. The first kappa shape index (κ1) is 19.6. The summed E-state index contributed by atoms with van der Waals surface area (Å²) in [5, 5.41) is 13.9. The first-order valence-electron chi connectivity index (χ1n) is 9.09. The molecule has 4 rings (SSSR count). The smallest absolute Gasteiger partial charge is 0.150 e. The van der Waals surface area contributed by atoms with Crippen LogP contribution >= 0.6 is 11.6 Å². The number of halogens is 2. The summed E-state index contributed by atoms with van der Waals surface area (Å²) in [7, 11) is 0. The lowest BCUT2D eigenvalue weighted by molar-refractivity contribution is 0.628. The molecule has 148 valence electrons. The molecule has 2 aromatic carbocycles. The number of benzene rings is 2. The number of hydrogen-bond donors (Lipinski definition) is 2. The topological polar surface area (TPSA) is 101 Å². The second-order valence-corrected chi connectivity index (χ2v) is 7.10. The Morgan fingerprint density at radius 1 is 1.17 bits per heavy atom. The average Bonchev–Trinajstić information content (AvgIpc) is 2.73. The molecule has 0 bridgehead atoms. The Hall–Kier alpha value is -3.76. The van der Waals surface area contributed by atoms with E-state index in [0.29, 0.717) is 21.9 Å². The van der Waals surface area contributed by atoms with Crippen molar-refractivity contribution in [2.75, 3.05) is 11.1 Å². The number of rotatable bonds is 4. The number of nitriles is 1. The van der Waals surface area contributed by atoms with Gasteiger partial charge in [-0.15, -0.1) is 0 Å². The average molecular weight is 419 g/mol. The number of aromatic nitrogens is 3. The molecular formula is C22H16ClFN6. The van der Waals surface area contributed by atoms with Gasteiger partial charge in [-0.3, -0.25) is 4.98 Å². The maximum absolute atomic E-state index is 14.0. The summed E-state index contributed by atoms with van der Waals surface area (Å²) in [6.45, 7) is 1.90. The Balaban J connectivity index is 1.90. The lowest BCUT2D eigenvalue weighted by Gasteiger charge is -2.21. The van der Waals surface area contributed by atoms with E-state index in [9.17, 15) is 9.65 Å². The summed E-state index contributed by atoms with van der Waals surface area (Å²) in [4.78, 5) is 12.5. The molecule has 0 amide bonds. The van der Waals surface area contributed by atoms with Gasteiger partial charge in [0.25, 0.3) is 0 Å². The highest BCUT2D eigenvalue weighted by Crippen LogP contribution is 2.37. The van der Waals surface area contributed by atoms with Crippen molar-refractivity contribution in [1.82, 2.24) is 15.0 Å². The zero-order chi connectivity index (χ0) is 21.3.